The lowest BCUT2D eigenvalue weighted by Crippen LogP contribution is -2.28. The molecular formula is C23H22N4O3. The van der Waals surface area contributed by atoms with Crippen LogP contribution < -0.4 is 10.3 Å². The van der Waals surface area contributed by atoms with Crippen LogP contribution in [0.2, 0.25) is 0 Å². The van der Waals surface area contributed by atoms with Gasteiger partial charge in [-0.3, -0.25) is 9.59 Å². The van der Waals surface area contributed by atoms with Gasteiger partial charge in [0.2, 0.25) is 0 Å². The second-order valence-electron chi connectivity index (χ2n) is 7.29. The van der Waals surface area contributed by atoms with Crippen molar-refractivity contribution < 1.29 is 9.53 Å². The third-order valence-electron chi connectivity index (χ3n) is 5.31. The van der Waals surface area contributed by atoms with Crippen molar-refractivity contribution in [1.29, 1.82) is 0 Å². The summed E-state index contributed by atoms with van der Waals surface area (Å²) < 4.78 is 7.95. The van der Waals surface area contributed by atoms with Crippen LogP contribution in [0.4, 0.5) is 0 Å². The van der Waals surface area contributed by atoms with E-state index in [9.17, 15) is 9.59 Å². The van der Waals surface area contributed by atoms with Crippen LogP contribution in [-0.4, -0.2) is 32.5 Å². The Balaban J connectivity index is 1.77. The summed E-state index contributed by atoms with van der Waals surface area (Å²) in [4.78, 5) is 25.9. The Morgan fingerprint density at radius 1 is 1.03 bits per heavy atom. The third kappa shape index (κ3) is 3.39. The number of carbonyl (C=O) groups is 1. The molecule has 4 aromatic rings. The second-order valence-corrected chi connectivity index (χ2v) is 7.29. The molecule has 0 aliphatic rings. The first-order valence-electron chi connectivity index (χ1n) is 9.59. The Morgan fingerprint density at radius 3 is 2.43 bits per heavy atom. The standard InChI is InChI=1S/C23H22N4O3/c1-14-5-8-18(11-15(14)2)27-22-20(12-24-27)16(3)25-26(23(22)29)13-21(28)17-6-9-19(30-4)10-7-17/h5-12H,13H2,1-4H3. The Morgan fingerprint density at radius 2 is 1.77 bits per heavy atom. The number of ketones is 1. The van der Waals surface area contributed by atoms with E-state index in [-0.39, 0.29) is 17.9 Å². The molecule has 0 bridgehead atoms. The molecular weight excluding hydrogens is 380 g/mol. The van der Waals surface area contributed by atoms with Gasteiger partial charge in [-0.2, -0.15) is 10.2 Å². The van der Waals surface area contributed by atoms with Gasteiger partial charge in [0.1, 0.15) is 17.8 Å². The maximum absolute atomic E-state index is 13.2. The maximum Gasteiger partial charge on any atom is 0.293 e. The lowest BCUT2D eigenvalue weighted by atomic mass is 10.1. The van der Waals surface area contributed by atoms with E-state index < -0.39 is 0 Å². The Kier molecular flexibility index (Phi) is 4.95. The van der Waals surface area contributed by atoms with Gasteiger partial charge >= 0.3 is 0 Å². The van der Waals surface area contributed by atoms with E-state index in [1.54, 1.807) is 42.3 Å². The molecule has 152 valence electrons. The van der Waals surface area contributed by atoms with Crippen molar-refractivity contribution in [3.05, 3.63) is 81.4 Å². The van der Waals surface area contributed by atoms with Crippen LogP contribution in [0.1, 0.15) is 27.2 Å². The third-order valence-corrected chi connectivity index (χ3v) is 5.31. The molecule has 0 amide bonds. The van der Waals surface area contributed by atoms with Crippen LogP contribution in [-0.2, 0) is 6.54 Å². The lowest BCUT2D eigenvalue weighted by Gasteiger charge is -2.10. The number of methoxy groups -OCH3 is 1. The second kappa shape index (κ2) is 7.59. The van der Waals surface area contributed by atoms with Gasteiger partial charge in [-0.1, -0.05) is 6.07 Å². The number of rotatable bonds is 5. The lowest BCUT2D eigenvalue weighted by molar-refractivity contribution is 0.0965. The normalized spacial score (nSPS) is 11.1. The fourth-order valence-corrected chi connectivity index (χ4v) is 3.39. The van der Waals surface area contributed by atoms with Gasteiger partial charge in [0.25, 0.3) is 5.56 Å². The molecule has 0 N–H and O–H groups in total. The average molecular weight is 402 g/mol. The number of hydrogen-bond donors (Lipinski definition) is 0. The highest BCUT2D eigenvalue weighted by molar-refractivity contribution is 5.96. The van der Waals surface area contributed by atoms with Gasteiger partial charge in [-0.15, -0.1) is 0 Å². The topological polar surface area (TPSA) is 79.0 Å². The Bertz CT molecular complexity index is 1320. The van der Waals surface area contributed by atoms with Crippen LogP contribution in [0.5, 0.6) is 5.75 Å². The van der Waals surface area contributed by atoms with Gasteiger partial charge in [-0.25, -0.2) is 9.36 Å². The van der Waals surface area contributed by atoms with E-state index >= 15 is 0 Å². The highest BCUT2D eigenvalue weighted by atomic mass is 16.5. The molecule has 0 radical (unpaired) electrons. The van der Waals surface area contributed by atoms with Crippen molar-refractivity contribution in [3.63, 3.8) is 0 Å². The molecule has 7 heteroatoms. The molecule has 0 unspecified atom stereocenters. The smallest absolute Gasteiger partial charge is 0.293 e. The number of aryl methyl sites for hydroxylation is 3. The summed E-state index contributed by atoms with van der Waals surface area (Å²) in [5.41, 5.74) is 4.25. The van der Waals surface area contributed by atoms with E-state index in [0.29, 0.717) is 27.9 Å². The molecule has 0 fully saturated rings. The molecule has 0 aliphatic carbocycles. The molecule has 0 saturated heterocycles. The molecule has 2 heterocycles. The van der Waals surface area contributed by atoms with Gasteiger partial charge < -0.3 is 4.74 Å². The van der Waals surface area contributed by atoms with E-state index in [1.165, 1.54) is 4.68 Å². The van der Waals surface area contributed by atoms with Gasteiger partial charge in [0, 0.05) is 10.9 Å². The fourth-order valence-electron chi connectivity index (χ4n) is 3.39. The number of fused-ring (bicyclic) bond motifs is 1. The van der Waals surface area contributed by atoms with Crippen molar-refractivity contribution in [2.45, 2.75) is 27.3 Å². The SMILES string of the molecule is COc1ccc(C(=O)Cn2nc(C)c3cnn(-c4ccc(C)c(C)c4)c3c2=O)cc1. The van der Waals surface area contributed by atoms with Crippen LogP contribution in [0.15, 0.2) is 53.5 Å². The summed E-state index contributed by atoms with van der Waals surface area (Å²) in [5, 5.41) is 9.44. The molecule has 0 spiro atoms. The van der Waals surface area contributed by atoms with E-state index in [1.807, 2.05) is 39.0 Å². The summed E-state index contributed by atoms with van der Waals surface area (Å²) >= 11 is 0. The molecule has 4 rings (SSSR count). The van der Waals surface area contributed by atoms with Crippen molar-refractivity contribution in [3.8, 4) is 11.4 Å². The van der Waals surface area contributed by atoms with Crippen LogP contribution >= 0.6 is 0 Å². The molecule has 0 atom stereocenters. The predicted octanol–water partition coefficient (Wildman–Crippen LogP) is 3.40. The maximum atomic E-state index is 13.2. The van der Waals surface area contributed by atoms with E-state index in [2.05, 4.69) is 10.2 Å². The van der Waals surface area contributed by atoms with E-state index in [4.69, 9.17) is 4.74 Å². The largest absolute Gasteiger partial charge is 0.497 e. The van der Waals surface area contributed by atoms with Gasteiger partial charge in [0.15, 0.2) is 5.78 Å². The number of aromatic nitrogens is 4. The zero-order valence-corrected chi connectivity index (χ0v) is 17.3. The van der Waals surface area contributed by atoms with Crippen molar-refractivity contribution >= 4 is 16.7 Å². The predicted molar refractivity (Wildman–Crippen MR) is 115 cm³/mol. The highest BCUT2D eigenvalue weighted by Crippen LogP contribution is 2.19. The van der Waals surface area contributed by atoms with Crippen LogP contribution in [0.25, 0.3) is 16.6 Å². The minimum Gasteiger partial charge on any atom is -0.497 e. The van der Waals surface area contributed by atoms with Crippen molar-refractivity contribution in [2.24, 2.45) is 0 Å². The number of ether oxygens (including phenoxy) is 1. The zero-order chi connectivity index (χ0) is 21.4. The molecule has 0 aliphatic heterocycles. The number of hydrogen-bond acceptors (Lipinski definition) is 5. The van der Waals surface area contributed by atoms with Crippen molar-refractivity contribution in [1.82, 2.24) is 19.6 Å². The van der Waals surface area contributed by atoms with E-state index in [0.717, 1.165) is 16.8 Å². The van der Waals surface area contributed by atoms with Crippen molar-refractivity contribution in [2.75, 3.05) is 7.11 Å². The number of benzene rings is 2. The summed E-state index contributed by atoms with van der Waals surface area (Å²) in [6.07, 6.45) is 1.64. The average Bonchev–Trinajstić information content (AvgIpc) is 3.20. The summed E-state index contributed by atoms with van der Waals surface area (Å²) in [5.74, 6) is 0.458. The molecule has 0 saturated carbocycles. The number of carbonyl (C=O) groups excluding carboxylic acids is 1. The van der Waals surface area contributed by atoms with Gasteiger partial charge in [0.05, 0.1) is 24.7 Å². The minimum absolute atomic E-state index is 0.153. The fraction of sp³-hybridized carbons (Fsp3) is 0.217. The molecule has 7 nitrogen and oxygen atoms in total. The monoisotopic (exact) mass is 402 g/mol. The first kappa shape index (κ1) is 19.6. The van der Waals surface area contributed by atoms with Gasteiger partial charge in [-0.05, 0) is 68.3 Å². The number of Topliss-reactive ketones (excluding diaryl/α,β-unsaturated/α-hetero) is 1. The first-order valence-corrected chi connectivity index (χ1v) is 9.59. The van der Waals surface area contributed by atoms with Crippen LogP contribution in [0, 0.1) is 20.8 Å². The molecule has 2 aromatic heterocycles. The molecule has 2 aromatic carbocycles. The Hall–Kier alpha value is -3.74. The highest BCUT2D eigenvalue weighted by Gasteiger charge is 2.17. The Labute approximate surface area is 173 Å². The summed E-state index contributed by atoms with van der Waals surface area (Å²) in [6.45, 7) is 5.71. The number of nitrogens with zero attached hydrogens (tertiary/aromatic N) is 4. The molecule has 30 heavy (non-hydrogen) atoms. The quantitative estimate of drug-likeness (QED) is 0.478. The first-order chi connectivity index (χ1) is 14.4. The summed E-state index contributed by atoms with van der Waals surface area (Å²) in [6, 6.07) is 12.7. The summed E-state index contributed by atoms with van der Waals surface area (Å²) in [7, 11) is 1.57. The zero-order valence-electron chi connectivity index (χ0n) is 17.3. The van der Waals surface area contributed by atoms with Crippen LogP contribution in [0.3, 0.4) is 0 Å². The minimum atomic E-state index is -0.354.